The van der Waals surface area contributed by atoms with Crippen LogP contribution in [0.1, 0.15) is 17.8 Å². The number of hydrogen-bond acceptors (Lipinski definition) is 4. The quantitative estimate of drug-likeness (QED) is 0.788. The van der Waals surface area contributed by atoms with Crippen LogP contribution in [0.5, 0.6) is 0 Å². The van der Waals surface area contributed by atoms with Gasteiger partial charge in [0.25, 0.3) is 0 Å². The summed E-state index contributed by atoms with van der Waals surface area (Å²) in [4.78, 5) is 10.9. The Morgan fingerprint density at radius 2 is 2.33 bits per heavy atom. The molecule has 1 aromatic rings. The van der Waals surface area contributed by atoms with Gasteiger partial charge in [0.05, 0.1) is 11.4 Å². The number of aliphatic hydroxyl groups excluding tert-OH is 1. The summed E-state index contributed by atoms with van der Waals surface area (Å²) in [5.41, 5.74) is 1.97. The predicted molar refractivity (Wildman–Crippen MR) is 57.2 cm³/mol. The van der Waals surface area contributed by atoms with Crippen molar-refractivity contribution in [2.45, 2.75) is 19.9 Å². The predicted octanol–water partition coefficient (Wildman–Crippen LogP) is 0.599. The van der Waals surface area contributed by atoms with E-state index < -0.39 is 0 Å². The first-order valence-electron chi connectivity index (χ1n) is 5.38. The number of hydrogen-bond donors (Lipinski definition) is 1. The zero-order chi connectivity index (χ0) is 10.7. The molecule has 2 heterocycles. The van der Waals surface area contributed by atoms with E-state index >= 15 is 0 Å². The Hall–Kier alpha value is -1.00. The van der Waals surface area contributed by atoms with Crippen LogP contribution in [0.25, 0.3) is 0 Å². The molecule has 1 fully saturated rings. The van der Waals surface area contributed by atoms with E-state index in [0.29, 0.717) is 12.5 Å². The lowest BCUT2D eigenvalue weighted by Gasteiger charge is -2.14. The second-order valence-electron chi connectivity index (χ2n) is 4.22. The van der Waals surface area contributed by atoms with Gasteiger partial charge in [0, 0.05) is 32.1 Å². The van der Waals surface area contributed by atoms with E-state index in [1.165, 1.54) is 0 Å². The molecular formula is C11H17N3O. The van der Waals surface area contributed by atoms with Gasteiger partial charge in [0.2, 0.25) is 0 Å². The van der Waals surface area contributed by atoms with Gasteiger partial charge in [-0.2, -0.15) is 0 Å². The van der Waals surface area contributed by atoms with Gasteiger partial charge in [0.15, 0.2) is 0 Å². The zero-order valence-corrected chi connectivity index (χ0v) is 9.06. The molecule has 0 saturated carbocycles. The van der Waals surface area contributed by atoms with Gasteiger partial charge in [-0.05, 0) is 25.8 Å². The summed E-state index contributed by atoms with van der Waals surface area (Å²) in [5.74, 6) is 0.448. The molecule has 1 aliphatic rings. The van der Waals surface area contributed by atoms with Gasteiger partial charge < -0.3 is 5.11 Å². The monoisotopic (exact) mass is 207 g/mol. The minimum absolute atomic E-state index is 0.302. The molecule has 1 saturated heterocycles. The summed E-state index contributed by atoms with van der Waals surface area (Å²) in [6, 6.07) is 0. The maximum atomic E-state index is 9.03. The van der Waals surface area contributed by atoms with Crippen LogP contribution in [0.15, 0.2) is 12.4 Å². The molecule has 15 heavy (non-hydrogen) atoms. The van der Waals surface area contributed by atoms with Crippen molar-refractivity contribution in [3.05, 3.63) is 23.8 Å². The molecule has 1 unspecified atom stereocenters. The number of nitrogens with zero attached hydrogens (tertiary/aromatic N) is 3. The van der Waals surface area contributed by atoms with Crippen molar-refractivity contribution >= 4 is 0 Å². The lowest BCUT2D eigenvalue weighted by atomic mass is 10.1. The van der Waals surface area contributed by atoms with Crippen molar-refractivity contribution in [2.24, 2.45) is 5.92 Å². The molecule has 2 rings (SSSR count). The van der Waals surface area contributed by atoms with Crippen LogP contribution in [-0.2, 0) is 6.54 Å². The van der Waals surface area contributed by atoms with Crippen molar-refractivity contribution in [2.75, 3.05) is 19.7 Å². The van der Waals surface area contributed by atoms with Crippen molar-refractivity contribution in [3.63, 3.8) is 0 Å². The average Bonchev–Trinajstić information content (AvgIpc) is 2.69. The molecule has 0 bridgehead atoms. The lowest BCUT2D eigenvalue weighted by molar-refractivity contribution is 0.219. The summed E-state index contributed by atoms with van der Waals surface area (Å²) >= 11 is 0. The average molecular weight is 207 g/mol. The number of aryl methyl sites for hydroxylation is 1. The molecule has 1 aromatic heterocycles. The second kappa shape index (κ2) is 4.68. The van der Waals surface area contributed by atoms with E-state index in [0.717, 1.165) is 37.4 Å². The van der Waals surface area contributed by atoms with Crippen molar-refractivity contribution in [1.82, 2.24) is 14.9 Å². The number of aromatic nitrogens is 2. The van der Waals surface area contributed by atoms with E-state index in [4.69, 9.17) is 5.11 Å². The highest BCUT2D eigenvalue weighted by molar-refractivity contribution is 5.00. The van der Waals surface area contributed by atoms with Crippen molar-refractivity contribution in [3.8, 4) is 0 Å². The third-order valence-electron chi connectivity index (χ3n) is 2.85. The number of likely N-dealkylation sites (tertiary alicyclic amines) is 1. The van der Waals surface area contributed by atoms with E-state index in [1.54, 1.807) is 6.20 Å². The molecule has 82 valence electrons. The fourth-order valence-corrected chi connectivity index (χ4v) is 1.94. The second-order valence-corrected chi connectivity index (χ2v) is 4.22. The number of rotatable bonds is 3. The molecule has 1 atom stereocenters. The first kappa shape index (κ1) is 10.5. The molecular weight excluding hydrogens is 190 g/mol. The minimum atomic E-state index is 0.302. The maximum absolute atomic E-state index is 9.03. The summed E-state index contributed by atoms with van der Waals surface area (Å²) in [5, 5.41) is 9.03. The SMILES string of the molecule is Cc1cnc(CN2CCC(CO)C2)cn1. The first-order chi connectivity index (χ1) is 7.28. The molecule has 0 amide bonds. The normalized spacial score (nSPS) is 22.1. The highest BCUT2D eigenvalue weighted by Gasteiger charge is 2.21. The van der Waals surface area contributed by atoms with Crippen LogP contribution < -0.4 is 0 Å². The Bertz CT molecular complexity index is 312. The molecule has 1 N–H and O–H groups in total. The number of aliphatic hydroxyl groups is 1. The van der Waals surface area contributed by atoms with Gasteiger partial charge in [-0.3, -0.25) is 14.9 Å². The van der Waals surface area contributed by atoms with Crippen LogP contribution >= 0.6 is 0 Å². The molecule has 4 heteroatoms. The highest BCUT2D eigenvalue weighted by atomic mass is 16.3. The van der Waals surface area contributed by atoms with E-state index in [2.05, 4.69) is 14.9 Å². The Morgan fingerprint density at radius 1 is 1.47 bits per heavy atom. The third kappa shape index (κ3) is 2.73. The Morgan fingerprint density at radius 3 is 2.93 bits per heavy atom. The lowest BCUT2D eigenvalue weighted by Crippen LogP contribution is -2.21. The summed E-state index contributed by atoms with van der Waals surface area (Å²) in [6.45, 7) is 5.13. The zero-order valence-electron chi connectivity index (χ0n) is 9.06. The van der Waals surface area contributed by atoms with Gasteiger partial charge in [-0.15, -0.1) is 0 Å². The van der Waals surface area contributed by atoms with Crippen molar-refractivity contribution < 1.29 is 5.11 Å². The van der Waals surface area contributed by atoms with Crippen LogP contribution in [0.4, 0.5) is 0 Å². The Kier molecular flexibility index (Phi) is 3.28. The first-order valence-corrected chi connectivity index (χ1v) is 5.38. The molecule has 4 nitrogen and oxygen atoms in total. The Labute approximate surface area is 90.0 Å². The highest BCUT2D eigenvalue weighted by Crippen LogP contribution is 2.16. The fourth-order valence-electron chi connectivity index (χ4n) is 1.94. The van der Waals surface area contributed by atoms with Crippen LogP contribution in [-0.4, -0.2) is 39.7 Å². The smallest absolute Gasteiger partial charge is 0.0727 e. The van der Waals surface area contributed by atoms with Crippen LogP contribution in [0, 0.1) is 12.8 Å². The van der Waals surface area contributed by atoms with Gasteiger partial charge in [0.1, 0.15) is 0 Å². The van der Waals surface area contributed by atoms with E-state index in [-0.39, 0.29) is 0 Å². The largest absolute Gasteiger partial charge is 0.396 e. The molecule has 0 aromatic carbocycles. The third-order valence-corrected chi connectivity index (χ3v) is 2.85. The van der Waals surface area contributed by atoms with Gasteiger partial charge in [-0.25, -0.2) is 0 Å². The summed E-state index contributed by atoms with van der Waals surface area (Å²) in [6.07, 6.45) is 4.73. The molecule has 1 aliphatic heterocycles. The summed E-state index contributed by atoms with van der Waals surface area (Å²) < 4.78 is 0. The maximum Gasteiger partial charge on any atom is 0.0727 e. The van der Waals surface area contributed by atoms with Crippen LogP contribution in [0.2, 0.25) is 0 Å². The molecule has 0 aliphatic carbocycles. The van der Waals surface area contributed by atoms with E-state index in [9.17, 15) is 0 Å². The van der Waals surface area contributed by atoms with Gasteiger partial charge >= 0.3 is 0 Å². The standard InChI is InChI=1S/C11H17N3O/c1-9-4-13-11(5-12-9)7-14-3-2-10(6-14)8-15/h4-5,10,15H,2-3,6-8H2,1H3. The van der Waals surface area contributed by atoms with Crippen LogP contribution in [0.3, 0.4) is 0 Å². The van der Waals surface area contributed by atoms with E-state index in [1.807, 2.05) is 13.1 Å². The van der Waals surface area contributed by atoms with Gasteiger partial charge in [-0.1, -0.05) is 0 Å². The molecule has 0 spiro atoms. The fraction of sp³-hybridized carbons (Fsp3) is 0.636. The molecule has 0 radical (unpaired) electrons. The summed E-state index contributed by atoms with van der Waals surface area (Å²) in [7, 11) is 0. The minimum Gasteiger partial charge on any atom is -0.396 e. The Balaban J connectivity index is 1.90. The topological polar surface area (TPSA) is 49.2 Å². The van der Waals surface area contributed by atoms with Crippen molar-refractivity contribution in [1.29, 1.82) is 0 Å².